The van der Waals surface area contributed by atoms with E-state index in [0.717, 1.165) is 19.6 Å². The molecule has 0 radical (unpaired) electrons. The molecule has 1 saturated heterocycles. The van der Waals surface area contributed by atoms with Crippen molar-refractivity contribution in [2.75, 3.05) is 33.3 Å². The summed E-state index contributed by atoms with van der Waals surface area (Å²) in [6.07, 6.45) is 2.86. The van der Waals surface area contributed by atoms with Gasteiger partial charge >= 0.3 is 0 Å². The fourth-order valence-corrected chi connectivity index (χ4v) is 2.27. The molecule has 1 heterocycles. The van der Waals surface area contributed by atoms with Crippen molar-refractivity contribution in [3.63, 3.8) is 0 Å². The SMILES string of the molecule is CCCNC(CN1CCC(OC)C1)C(C)C. The Bertz CT molecular complexity index is 185. The predicted molar refractivity (Wildman–Crippen MR) is 68.8 cm³/mol. The van der Waals surface area contributed by atoms with Gasteiger partial charge in [-0.2, -0.15) is 0 Å². The van der Waals surface area contributed by atoms with E-state index >= 15 is 0 Å². The molecule has 96 valence electrons. The highest BCUT2D eigenvalue weighted by atomic mass is 16.5. The highest BCUT2D eigenvalue weighted by Crippen LogP contribution is 2.14. The smallest absolute Gasteiger partial charge is 0.0710 e. The van der Waals surface area contributed by atoms with Crippen LogP contribution in [-0.4, -0.2) is 50.3 Å². The van der Waals surface area contributed by atoms with Crippen molar-refractivity contribution < 1.29 is 4.74 Å². The molecule has 2 atom stereocenters. The maximum absolute atomic E-state index is 5.40. The van der Waals surface area contributed by atoms with Crippen LogP contribution in [0.25, 0.3) is 0 Å². The first kappa shape index (κ1) is 13.9. The quantitative estimate of drug-likeness (QED) is 0.718. The van der Waals surface area contributed by atoms with Crippen molar-refractivity contribution in [2.45, 2.75) is 45.8 Å². The molecule has 0 aromatic rings. The lowest BCUT2D eigenvalue weighted by molar-refractivity contribution is 0.105. The molecule has 0 saturated carbocycles. The maximum Gasteiger partial charge on any atom is 0.0710 e. The average Bonchev–Trinajstić information content (AvgIpc) is 2.71. The first-order valence-electron chi connectivity index (χ1n) is 6.65. The largest absolute Gasteiger partial charge is 0.380 e. The van der Waals surface area contributed by atoms with E-state index in [1.54, 1.807) is 0 Å². The van der Waals surface area contributed by atoms with Crippen molar-refractivity contribution in [1.82, 2.24) is 10.2 Å². The minimum atomic E-state index is 0.457. The van der Waals surface area contributed by atoms with E-state index in [4.69, 9.17) is 4.74 Å². The highest BCUT2D eigenvalue weighted by molar-refractivity contribution is 4.81. The normalized spacial score (nSPS) is 24.2. The van der Waals surface area contributed by atoms with Gasteiger partial charge < -0.3 is 10.1 Å². The van der Waals surface area contributed by atoms with Crippen LogP contribution >= 0.6 is 0 Å². The van der Waals surface area contributed by atoms with Crippen LogP contribution in [0.2, 0.25) is 0 Å². The van der Waals surface area contributed by atoms with E-state index in [1.165, 1.54) is 19.4 Å². The Kier molecular flexibility index (Phi) is 6.32. The van der Waals surface area contributed by atoms with Gasteiger partial charge in [0.05, 0.1) is 6.10 Å². The highest BCUT2D eigenvalue weighted by Gasteiger charge is 2.25. The van der Waals surface area contributed by atoms with Crippen molar-refractivity contribution in [3.8, 4) is 0 Å². The third-order valence-corrected chi connectivity index (χ3v) is 3.48. The summed E-state index contributed by atoms with van der Waals surface area (Å²) in [4.78, 5) is 2.53. The van der Waals surface area contributed by atoms with Crippen LogP contribution in [-0.2, 0) is 4.74 Å². The van der Waals surface area contributed by atoms with Crippen LogP contribution in [0.4, 0.5) is 0 Å². The molecule has 3 heteroatoms. The van der Waals surface area contributed by atoms with Gasteiger partial charge in [-0.25, -0.2) is 0 Å². The lowest BCUT2D eigenvalue weighted by Crippen LogP contribution is -2.44. The molecular formula is C13H28N2O. The van der Waals surface area contributed by atoms with E-state index in [-0.39, 0.29) is 0 Å². The zero-order chi connectivity index (χ0) is 12.0. The van der Waals surface area contributed by atoms with Crippen LogP contribution in [0.5, 0.6) is 0 Å². The van der Waals surface area contributed by atoms with Crippen molar-refractivity contribution in [2.24, 2.45) is 5.92 Å². The Hall–Kier alpha value is -0.120. The van der Waals surface area contributed by atoms with Gasteiger partial charge in [-0.3, -0.25) is 4.90 Å². The zero-order valence-electron chi connectivity index (χ0n) is 11.3. The average molecular weight is 228 g/mol. The van der Waals surface area contributed by atoms with Crippen LogP contribution in [0.3, 0.4) is 0 Å². The van der Waals surface area contributed by atoms with Crippen molar-refractivity contribution in [1.29, 1.82) is 0 Å². The predicted octanol–water partition coefficient (Wildman–Crippen LogP) is 1.73. The van der Waals surface area contributed by atoms with E-state index in [0.29, 0.717) is 18.1 Å². The topological polar surface area (TPSA) is 24.5 Å². The zero-order valence-corrected chi connectivity index (χ0v) is 11.3. The molecule has 1 N–H and O–H groups in total. The number of ether oxygens (including phenoxy) is 1. The summed E-state index contributed by atoms with van der Waals surface area (Å²) in [6.45, 7) is 11.4. The molecule has 2 unspecified atom stereocenters. The Morgan fingerprint density at radius 2 is 2.19 bits per heavy atom. The van der Waals surface area contributed by atoms with Crippen molar-refractivity contribution in [3.05, 3.63) is 0 Å². The molecule has 1 fully saturated rings. The Balaban J connectivity index is 2.31. The number of rotatable bonds is 7. The molecule has 0 bridgehead atoms. The molecule has 0 aromatic heterocycles. The van der Waals surface area contributed by atoms with Crippen LogP contribution in [0, 0.1) is 5.92 Å². The summed E-state index contributed by atoms with van der Waals surface area (Å²) in [6, 6.07) is 0.621. The number of hydrogen-bond acceptors (Lipinski definition) is 3. The van der Waals surface area contributed by atoms with Crippen LogP contribution < -0.4 is 5.32 Å². The van der Waals surface area contributed by atoms with Gasteiger partial charge in [-0.15, -0.1) is 0 Å². The minimum Gasteiger partial charge on any atom is -0.380 e. The van der Waals surface area contributed by atoms with Crippen LogP contribution in [0.15, 0.2) is 0 Å². The molecule has 1 aliphatic heterocycles. The number of nitrogens with one attached hydrogen (secondary N) is 1. The third kappa shape index (κ3) is 4.40. The fourth-order valence-electron chi connectivity index (χ4n) is 2.27. The molecular weight excluding hydrogens is 200 g/mol. The molecule has 3 nitrogen and oxygen atoms in total. The Labute approximate surface area is 101 Å². The number of nitrogens with zero attached hydrogens (tertiary/aromatic N) is 1. The second-order valence-corrected chi connectivity index (χ2v) is 5.21. The summed E-state index contributed by atoms with van der Waals surface area (Å²) in [7, 11) is 1.82. The summed E-state index contributed by atoms with van der Waals surface area (Å²) >= 11 is 0. The van der Waals surface area contributed by atoms with Gasteiger partial charge in [-0.05, 0) is 25.3 Å². The third-order valence-electron chi connectivity index (χ3n) is 3.48. The van der Waals surface area contributed by atoms with E-state index in [2.05, 4.69) is 31.0 Å². The van der Waals surface area contributed by atoms with Gasteiger partial charge in [0.15, 0.2) is 0 Å². The van der Waals surface area contributed by atoms with E-state index < -0.39 is 0 Å². The first-order chi connectivity index (χ1) is 7.67. The fraction of sp³-hybridized carbons (Fsp3) is 1.00. The summed E-state index contributed by atoms with van der Waals surface area (Å²) < 4.78 is 5.40. The summed E-state index contributed by atoms with van der Waals surface area (Å²) in [5.74, 6) is 0.702. The van der Waals surface area contributed by atoms with Crippen molar-refractivity contribution >= 4 is 0 Å². The second-order valence-electron chi connectivity index (χ2n) is 5.21. The van der Waals surface area contributed by atoms with Gasteiger partial charge in [0.25, 0.3) is 0 Å². The molecule has 1 rings (SSSR count). The Morgan fingerprint density at radius 1 is 1.44 bits per heavy atom. The van der Waals surface area contributed by atoms with Gasteiger partial charge in [-0.1, -0.05) is 20.8 Å². The van der Waals surface area contributed by atoms with E-state index in [1.807, 2.05) is 7.11 Å². The molecule has 0 spiro atoms. The van der Waals surface area contributed by atoms with Gasteiger partial charge in [0.2, 0.25) is 0 Å². The number of likely N-dealkylation sites (tertiary alicyclic amines) is 1. The molecule has 0 aliphatic carbocycles. The molecule has 0 aromatic carbocycles. The molecule has 16 heavy (non-hydrogen) atoms. The monoisotopic (exact) mass is 228 g/mol. The second kappa shape index (κ2) is 7.25. The van der Waals surface area contributed by atoms with Gasteiger partial charge in [0.1, 0.15) is 0 Å². The summed E-state index contributed by atoms with van der Waals surface area (Å²) in [5.41, 5.74) is 0. The minimum absolute atomic E-state index is 0.457. The first-order valence-corrected chi connectivity index (χ1v) is 6.65. The van der Waals surface area contributed by atoms with Gasteiger partial charge in [0, 0.05) is 32.8 Å². The Morgan fingerprint density at radius 3 is 2.69 bits per heavy atom. The number of hydrogen-bond donors (Lipinski definition) is 1. The molecule has 0 amide bonds. The lowest BCUT2D eigenvalue weighted by Gasteiger charge is -2.27. The lowest BCUT2D eigenvalue weighted by atomic mass is 10.0. The van der Waals surface area contributed by atoms with Crippen LogP contribution in [0.1, 0.15) is 33.6 Å². The summed E-state index contributed by atoms with van der Waals surface area (Å²) in [5, 5.41) is 3.65. The van der Waals surface area contributed by atoms with E-state index in [9.17, 15) is 0 Å². The standard InChI is InChI=1S/C13H28N2O/c1-5-7-14-13(11(2)3)10-15-8-6-12(9-15)16-4/h11-14H,5-10H2,1-4H3. The number of methoxy groups -OCH3 is 1. The molecule has 1 aliphatic rings. The maximum atomic E-state index is 5.40.